The van der Waals surface area contributed by atoms with E-state index < -0.39 is 5.97 Å². The zero-order valence-corrected chi connectivity index (χ0v) is 16.0. The van der Waals surface area contributed by atoms with Gasteiger partial charge in [0.15, 0.2) is 0 Å². The van der Waals surface area contributed by atoms with Crippen LogP contribution in [0.4, 0.5) is 0 Å². The number of quaternary nitrogens is 1. The van der Waals surface area contributed by atoms with Gasteiger partial charge in [0.1, 0.15) is 18.3 Å². The van der Waals surface area contributed by atoms with E-state index in [9.17, 15) is 9.59 Å². The van der Waals surface area contributed by atoms with E-state index in [4.69, 9.17) is 9.47 Å². The second-order valence-electron chi connectivity index (χ2n) is 6.29. The van der Waals surface area contributed by atoms with E-state index in [1.807, 2.05) is 36.5 Å². The predicted octanol–water partition coefficient (Wildman–Crippen LogP) is 2.15. The van der Waals surface area contributed by atoms with Crippen molar-refractivity contribution >= 4 is 11.8 Å². The summed E-state index contributed by atoms with van der Waals surface area (Å²) in [5.74, 6) is 0.379. The van der Waals surface area contributed by atoms with Crippen LogP contribution in [0.1, 0.15) is 51.5 Å². The highest BCUT2D eigenvalue weighted by molar-refractivity contribution is 6.03. The van der Waals surface area contributed by atoms with Crippen molar-refractivity contribution in [3.05, 3.63) is 52.3 Å². The lowest BCUT2D eigenvalue weighted by molar-refractivity contribution is -0.687. The predicted molar refractivity (Wildman–Crippen MR) is 98.6 cm³/mol. The van der Waals surface area contributed by atoms with Gasteiger partial charge in [-0.1, -0.05) is 0 Å². The van der Waals surface area contributed by atoms with Gasteiger partial charge in [-0.15, -0.1) is 0 Å². The average Bonchev–Trinajstić information content (AvgIpc) is 2.94. The maximum atomic E-state index is 12.8. The Morgan fingerprint density at radius 1 is 1.19 bits per heavy atom. The Bertz CT molecular complexity index is 778. The summed E-state index contributed by atoms with van der Waals surface area (Å²) in [6.07, 6.45) is 0. The lowest BCUT2D eigenvalue weighted by Gasteiger charge is -2.10. The Balaban J connectivity index is 2.07. The van der Waals surface area contributed by atoms with Crippen molar-refractivity contribution in [3.8, 4) is 5.75 Å². The minimum Gasteiger partial charge on any atom is -0.497 e. The maximum absolute atomic E-state index is 12.8. The van der Waals surface area contributed by atoms with Crippen molar-refractivity contribution in [1.82, 2.24) is 4.98 Å². The Labute approximate surface area is 153 Å². The summed E-state index contributed by atoms with van der Waals surface area (Å²) in [7, 11) is 1.63. The Morgan fingerprint density at radius 2 is 1.85 bits per heavy atom. The molecule has 3 N–H and O–H groups in total. The molecule has 0 bridgehead atoms. The van der Waals surface area contributed by atoms with E-state index in [-0.39, 0.29) is 11.8 Å². The molecule has 1 aromatic heterocycles. The van der Waals surface area contributed by atoms with Gasteiger partial charge in [-0.25, -0.2) is 4.79 Å². The van der Waals surface area contributed by atoms with E-state index in [0.29, 0.717) is 35.7 Å². The summed E-state index contributed by atoms with van der Waals surface area (Å²) in [5, 5.41) is 1.98. The number of hydrogen-bond donors (Lipinski definition) is 2. The van der Waals surface area contributed by atoms with E-state index in [1.165, 1.54) is 0 Å². The summed E-state index contributed by atoms with van der Waals surface area (Å²) in [6, 6.07) is 7.49. The van der Waals surface area contributed by atoms with Crippen LogP contribution in [0.2, 0.25) is 0 Å². The summed E-state index contributed by atoms with van der Waals surface area (Å²) in [5.41, 5.74) is 3.35. The first-order valence-corrected chi connectivity index (χ1v) is 8.75. The van der Waals surface area contributed by atoms with Gasteiger partial charge in [-0.3, -0.25) is 4.79 Å². The first-order valence-electron chi connectivity index (χ1n) is 8.75. The molecule has 0 unspecified atom stereocenters. The Hall–Kier alpha value is -2.60. The van der Waals surface area contributed by atoms with E-state index in [1.54, 1.807) is 27.9 Å². The molecule has 6 nitrogen and oxygen atoms in total. The highest BCUT2D eigenvalue weighted by Crippen LogP contribution is 2.20. The molecule has 0 spiro atoms. The molecule has 0 saturated carbocycles. The monoisotopic (exact) mass is 359 g/mol. The number of nitrogens with one attached hydrogen (secondary N) is 1. The zero-order chi connectivity index (χ0) is 19.3. The van der Waals surface area contributed by atoms with Gasteiger partial charge in [0.05, 0.1) is 25.0 Å². The summed E-state index contributed by atoms with van der Waals surface area (Å²) < 4.78 is 10.2. The number of methoxy groups -OCH3 is 1. The fourth-order valence-corrected chi connectivity index (χ4v) is 2.92. The molecule has 2 aromatic rings. The van der Waals surface area contributed by atoms with Gasteiger partial charge in [0.25, 0.3) is 0 Å². The van der Waals surface area contributed by atoms with Crippen molar-refractivity contribution in [3.63, 3.8) is 0 Å². The van der Waals surface area contributed by atoms with Gasteiger partial charge in [-0.2, -0.15) is 0 Å². The third-order valence-corrected chi connectivity index (χ3v) is 4.44. The third kappa shape index (κ3) is 4.32. The van der Waals surface area contributed by atoms with Crippen molar-refractivity contribution in [1.29, 1.82) is 0 Å². The van der Waals surface area contributed by atoms with Crippen LogP contribution in [0.5, 0.6) is 5.75 Å². The van der Waals surface area contributed by atoms with Gasteiger partial charge in [0.2, 0.25) is 5.78 Å². The SMILES string of the molecule is CCOC(=O)c1c(C)[nH]c(C(=O)[C@@H](C)[NH2+]Cc2ccc(OC)cc2)c1C. The largest absolute Gasteiger partial charge is 0.497 e. The molecule has 0 aliphatic heterocycles. The second kappa shape index (κ2) is 8.67. The highest BCUT2D eigenvalue weighted by Gasteiger charge is 2.27. The normalized spacial score (nSPS) is 11.9. The molecule has 6 heteroatoms. The molecule has 2 rings (SSSR count). The summed E-state index contributed by atoms with van der Waals surface area (Å²) in [4.78, 5) is 27.9. The number of aromatic amines is 1. The highest BCUT2D eigenvalue weighted by atomic mass is 16.5. The van der Waals surface area contributed by atoms with Crippen LogP contribution in [-0.4, -0.2) is 36.5 Å². The number of benzene rings is 1. The number of rotatable bonds is 8. The lowest BCUT2D eigenvalue weighted by atomic mass is 10.0. The van der Waals surface area contributed by atoms with Crippen LogP contribution in [0.15, 0.2) is 24.3 Å². The summed E-state index contributed by atoms with van der Waals surface area (Å²) >= 11 is 0. The van der Waals surface area contributed by atoms with Gasteiger partial charge < -0.3 is 19.8 Å². The number of ketones is 1. The van der Waals surface area contributed by atoms with Crippen molar-refractivity contribution < 1.29 is 24.4 Å². The number of hydrogen-bond acceptors (Lipinski definition) is 4. The topological polar surface area (TPSA) is 85.0 Å². The Morgan fingerprint density at radius 3 is 2.42 bits per heavy atom. The first-order chi connectivity index (χ1) is 12.4. The molecule has 0 radical (unpaired) electrons. The number of carbonyl (C=O) groups excluding carboxylic acids is 2. The number of carbonyl (C=O) groups is 2. The van der Waals surface area contributed by atoms with Crippen LogP contribution < -0.4 is 10.1 Å². The van der Waals surface area contributed by atoms with E-state index in [0.717, 1.165) is 11.3 Å². The number of aromatic nitrogens is 1. The Kier molecular flexibility index (Phi) is 6.58. The lowest BCUT2D eigenvalue weighted by Crippen LogP contribution is -2.89. The fourth-order valence-electron chi connectivity index (χ4n) is 2.92. The number of esters is 1. The number of Topliss-reactive ketones (excluding diaryl/α,β-unsaturated/α-hetero) is 1. The molecule has 1 aromatic carbocycles. The second-order valence-corrected chi connectivity index (χ2v) is 6.29. The zero-order valence-electron chi connectivity index (χ0n) is 16.0. The number of H-pyrrole nitrogens is 1. The average molecular weight is 359 g/mol. The van der Waals surface area contributed by atoms with Crippen LogP contribution in [-0.2, 0) is 11.3 Å². The summed E-state index contributed by atoms with van der Waals surface area (Å²) in [6.45, 7) is 8.17. The molecule has 0 aliphatic rings. The van der Waals surface area contributed by atoms with Crippen molar-refractivity contribution in [2.45, 2.75) is 40.3 Å². The smallest absolute Gasteiger partial charge is 0.340 e. The van der Waals surface area contributed by atoms with Gasteiger partial charge >= 0.3 is 5.97 Å². The standard InChI is InChI=1S/C20H26N2O4/c1-6-26-20(24)17-12(2)18(22-13(17)3)19(23)14(4)21-11-15-7-9-16(25-5)10-8-15/h7-10,14,21-22H,6,11H2,1-5H3/p+1/t14-/m1/s1. The van der Waals surface area contributed by atoms with Crippen LogP contribution >= 0.6 is 0 Å². The number of ether oxygens (including phenoxy) is 2. The molecule has 0 saturated heterocycles. The fraction of sp³-hybridized carbons (Fsp3) is 0.400. The third-order valence-electron chi connectivity index (χ3n) is 4.44. The minimum atomic E-state index is -0.396. The molecule has 0 amide bonds. The molecule has 1 atom stereocenters. The van der Waals surface area contributed by atoms with Crippen molar-refractivity contribution in [2.24, 2.45) is 0 Å². The maximum Gasteiger partial charge on any atom is 0.340 e. The quantitative estimate of drug-likeness (QED) is 0.559. The minimum absolute atomic E-state index is 0.0327. The van der Waals surface area contributed by atoms with E-state index >= 15 is 0 Å². The molecular weight excluding hydrogens is 332 g/mol. The number of aryl methyl sites for hydroxylation is 1. The number of nitrogens with two attached hydrogens (primary N) is 1. The molecule has 1 heterocycles. The molecule has 0 aliphatic carbocycles. The first kappa shape index (κ1) is 19.7. The van der Waals surface area contributed by atoms with Crippen molar-refractivity contribution in [2.75, 3.05) is 13.7 Å². The van der Waals surface area contributed by atoms with Crippen LogP contribution in [0.3, 0.4) is 0 Å². The molecular formula is C20H27N2O4+. The van der Waals surface area contributed by atoms with E-state index in [2.05, 4.69) is 4.98 Å². The van der Waals surface area contributed by atoms with Gasteiger partial charge in [-0.05, 0) is 57.5 Å². The van der Waals surface area contributed by atoms with Crippen LogP contribution in [0, 0.1) is 13.8 Å². The van der Waals surface area contributed by atoms with Crippen LogP contribution in [0.25, 0.3) is 0 Å². The van der Waals surface area contributed by atoms with Gasteiger partial charge in [0, 0.05) is 11.3 Å². The molecule has 26 heavy (non-hydrogen) atoms. The molecule has 140 valence electrons. The molecule has 0 fully saturated rings.